The monoisotopic (exact) mass is 436 g/mol. The van der Waals surface area contributed by atoms with Crippen LogP contribution in [0.1, 0.15) is 36.6 Å². The number of carbonyl (C=O) groups excluding carboxylic acids is 1. The van der Waals surface area contributed by atoms with E-state index in [2.05, 4.69) is 20.2 Å². The Bertz CT molecular complexity index is 916. The first-order chi connectivity index (χ1) is 14.5. The van der Waals surface area contributed by atoms with Crippen LogP contribution in [0.3, 0.4) is 0 Å². The van der Waals surface area contributed by atoms with E-state index in [4.69, 9.17) is 4.74 Å². The summed E-state index contributed by atoms with van der Waals surface area (Å²) >= 11 is 0. The predicted molar refractivity (Wildman–Crippen MR) is 110 cm³/mol. The van der Waals surface area contributed by atoms with E-state index in [-0.39, 0.29) is 24.5 Å². The number of aryl methyl sites for hydroxylation is 1. The summed E-state index contributed by atoms with van der Waals surface area (Å²) in [5.74, 6) is -0.742. The molecule has 1 aliphatic rings. The zero-order valence-electron chi connectivity index (χ0n) is 18.0. The van der Waals surface area contributed by atoms with Crippen LogP contribution in [0.2, 0.25) is 0 Å². The molecule has 1 fully saturated rings. The van der Waals surface area contributed by atoms with Crippen LogP contribution in [-0.2, 0) is 11.0 Å². The van der Waals surface area contributed by atoms with Crippen LogP contribution in [0.5, 0.6) is 5.88 Å². The van der Waals surface area contributed by atoms with Crippen LogP contribution < -0.4 is 10.1 Å². The summed E-state index contributed by atoms with van der Waals surface area (Å²) in [6, 6.07) is 5.92. The number of nitrogens with one attached hydrogen (secondary N) is 1. The molecule has 1 aliphatic heterocycles. The smallest absolute Gasteiger partial charge is 0.421 e. The Kier molecular flexibility index (Phi) is 6.54. The van der Waals surface area contributed by atoms with Gasteiger partial charge in [-0.3, -0.25) is 9.78 Å². The lowest BCUT2D eigenvalue weighted by Crippen LogP contribution is -2.48. The first-order valence-electron chi connectivity index (χ1n) is 10.0. The van der Waals surface area contributed by atoms with Crippen molar-refractivity contribution in [2.24, 2.45) is 5.41 Å². The lowest BCUT2D eigenvalue weighted by Gasteiger charge is -2.28. The number of carbonyl (C=O) groups is 1. The molecule has 3 heterocycles. The standard InChI is InChI=1S/C22H27F3N4O2/c1-14-7-8-15(10-27-14)16-11-29(4)12-18(16)28-20(30)21(2,3)13-31-19-17(22(23,24)25)6-5-9-26-19/h5-10,16,18H,11-13H2,1-4H3,(H,28,30)/t16-,18+/m1/s1. The Balaban J connectivity index is 1.68. The number of amides is 1. The summed E-state index contributed by atoms with van der Waals surface area (Å²) in [4.78, 5) is 23.2. The van der Waals surface area contributed by atoms with Gasteiger partial charge in [0.25, 0.3) is 0 Å². The fourth-order valence-electron chi connectivity index (χ4n) is 3.58. The third kappa shape index (κ3) is 5.52. The molecule has 0 aliphatic carbocycles. The number of alkyl halides is 3. The summed E-state index contributed by atoms with van der Waals surface area (Å²) in [7, 11) is 1.98. The number of hydrogen-bond acceptors (Lipinski definition) is 5. The molecule has 0 spiro atoms. The molecule has 0 aromatic carbocycles. The van der Waals surface area contributed by atoms with Crippen molar-refractivity contribution in [3.8, 4) is 5.88 Å². The number of hydrogen-bond donors (Lipinski definition) is 1. The molecule has 0 radical (unpaired) electrons. The molecule has 9 heteroatoms. The molecule has 168 valence electrons. The maximum Gasteiger partial charge on any atom is 0.421 e. The second kappa shape index (κ2) is 8.82. The number of aromatic nitrogens is 2. The minimum atomic E-state index is -4.58. The van der Waals surface area contributed by atoms with Gasteiger partial charge in [0.2, 0.25) is 11.8 Å². The van der Waals surface area contributed by atoms with Gasteiger partial charge < -0.3 is 15.0 Å². The van der Waals surface area contributed by atoms with E-state index in [1.165, 1.54) is 12.3 Å². The number of ether oxygens (including phenoxy) is 1. The van der Waals surface area contributed by atoms with Gasteiger partial charge in [0.1, 0.15) is 12.2 Å². The molecule has 0 saturated carbocycles. The minimum absolute atomic E-state index is 0.0754. The highest BCUT2D eigenvalue weighted by atomic mass is 19.4. The van der Waals surface area contributed by atoms with E-state index in [0.717, 1.165) is 23.9 Å². The average molecular weight is 436 g/mol. The Morgan fingerprint density at radius 3 is 2.61 bits per heavy atom. The first kappa shape index (κ1) is 23.0. The van der Waals surface area contributed by atoms with Gasteiger partial charge in [-0.05, 0) is 51.6 Å². The van der Waals surface area contributed by atoms with Crippen molar-refractivity contribution in [2.45, 2.75) is 38.9 Å². The van der Waals surface area contributed by atoms with Gasteiger partial charge in [-0.1, -0.05) is 6.07 Å². The molecular formula is C22H27F3N4O2. The lowest BCUT2D eigenvalue weighted by molar-refractivity contribution is -0.139. The van der Waals surface area contributed by atoms with Crippen molar-refractivity contribution in [3.63, 3.8) is 0 Å². The summed E-state index contributed by atoms with van der Waals surface area (Å²) in [5.41, 5.74) is -0.0626. The molecule has 0 bridgehead atoms. The number of likely N-dealkylation sites (tertiary alicyclic amines) is 1. The van der Waals surface area contributed by atoms with Gasteiger partial charge in [0.15, 0.2) is 0 Å². The molecule has 6 nitrogen and oxygen atoms in total. The van der Waals surface area contributed by atoms with Crippen LogP contribution in [0.25, 0.3) is 0 Å². The zero-order valence-corrected chi connectivity index (χ0v) is 18.0. The van der Waals surface area contributed by atoms with Crippen LogP contribution in [0, 0.1) is 12.3 Å². The molecule has 1 saturated heterocycles. The maximum absolute atomic E-state index is 13.2. The zero-order chi connectivity index (χ0) is 22.8. The van der Waals surface area contributed by atoms with Crippen LogP contribution >= 0.6 is 0 Å². The van der Waals surface area contributed by atoms with Crippen molar-refractivity contribution < 1.29 is 22.7 Å². The summed E-state index contributed by atoms with van der Waals surface area (Å²) < 4.78 is 44.8. The highest BCUT2D eigenvalue weighted by Crippen LogP contribution is 2.35. The molecular weight excluding hydrogens is 409 g/mol. The normalized spacial score (nSPS) is 20.0. The number of nitrogens with zero attached hydrogens (tertiary/aromatic N) is 3. The topological polar surface area (TPSA) is 67.4 Å². The van der Waals surface area contributed by atoms with Crippen molar-refractivity contribution in [2.75, 3.05) is 26.7 Å². The second-order valence-electron chi connectivity index (χ2n) is 8.67. The molecule has 1 amide bonds. The van der Waals surface area contributed by atoms with Crippen LogP contribution in [-0.4, -0.2) is 53.6 Å². The third-order valence-corrected chi connectivity index (χ3v) is 5.44. The quantitative estimate of drug-likeness (QED) is 0.752. The number of pyridine rings is 2. The van der Waals surface area contributed by atoms with E-state index >= 15 is 0 Å². The van der Waals surface area contributed by atoms with E-state index < -0.39 is 23.0 Å². The molecule has 2 aromatic rings. The van der Waals surface area contributed by atoms with Gasteiger partial charge in [-0.2, -0.15) is 13.2 Å². The third-order valence-electron chi connectivity index (χ3n) is 5.44. The number of rotatable bonds is 6. The van der Waals surface area contributed by atoms with Crippen molar-refractivity contribution in [1.82, 2.24) is 20.2 Å². The Morgan fingerprint density at radius 1 is 1.23 bits per heavy atom. The van der Waals surface area contributed by atoms with E-state index in [1.54, 1.807) is 13.8 Å². The van der Waals surface area contributed by atoms with E-state index in [1.807, 2.05) is 32.3 Å². The SMILES string of the molecule is Cc1ccc([C@H]2CN(C)C[C@@H]2NC(=O)C(C)(C)COc2ncccc2C(F)(F)F)cn1. The van der Waals surface area contributed by atoms with Crippen molar-refractivity contribution in [3.05, 3.63) is 53.5 Å². The molecule has 1 N–H and O–H groups in total. The largest absolute Gasteiger partial charge is 0.476 e. The first-order valence-corrected chi connectivity index (χ1v) is 10.0. The number of halogens is 3. The van der Waals surface area contributed by atoms with Crippen LogP contribution in [0.15, 0.2) is 36.7 Å². The lowest BCUT2D eigenvalue weighted by atomic mass is 9.90. The molecule has 0 unspecified atom stereocenters. The second-order valence-corrected chi connectivity index (χ2v) is 8.67. The average Bonchev–Trinajstić information content (AvgIpc) is 3.06. The molecule has 3 rings (SSSR count). The fraction of sp³-hybridized carbons (Fsp3) is 0.500. The Labute approximate surface area is 179 Å². The predicted octanol–water partition coefficient (Wildman–Crippen LogP) is 3.42. The molecule has 31 heavy (non-hydrogen) atoms. The van der Waals surface area contributed by atoms with E-state index in [9.17, 15) is 18.0 Å². The summed E-state index contributed by atoms with van der Waals surface area (Å²) in [5, 5.41) is 3.06. The van der Waals surface area contributed by atoms with Gasteiger partial charge >= 0.3 is 6.18 Å². The summed E-state index contributed by atoms with van der Waals surface area (Å²) in [6.45, 7) is 6.39. The van der Waals surface area contributed by atoms with Gasteiger partial charge in [-0.25, -0.2) is 4.98 Å². The highest BCUT2D eigenvalue weighted by molar-refractivity contribution is 5.82. The van der Waals surface area contributed by atoms with Gasteiger partial charge in [0.05, 0.1) is 5.41 Å². The minimum Gasteiger partial charge on any atom is -0.476 e. The highest BCUT2D eigenvalue weighted by Gasteiger charge is 2.39. The molecule has 2 atom stereocenters. The Morgan fingerprint density at radius 2 is 1.97 bits per heavy atom. The fourth-order valence-corrected chi connectivity index (χ4v) is 3.58. The molecule has 2 aromatic heterocycles. The van der Waals surface area contributed by atoms with Crippen LogP contribution in [0.4, 0.5) is 13.2 Å². The van der Waals surface area contributed by atoms with Crippen molar-refractivity contribution in [1.29, 1.82) is 0 Å². The summed E-state index contributed by atoms with van der Waals surface area (Å²) in [6.07, 6.45) is -1.53. The van der Waals surface area contributed by atoms with E-state index in [0.29, 0.717) is 6.54 Å². The van der Waals surface area contributed by atoms with Crippen molar-refractivity contribution >= 4 is 5.91 Å². The maximum atomic E-state index is 13.2. The van der Waals surface area contributed by atoms with Gasteiger partial charge in [-0.15, -0.1) is 0 Å². The Hall–Kier alpha value is -2.68. The van der Waals surface area contributed by atoms with Gasteiger partial charge in [0, 0.05) is 43.1 Å². The number of likely N-dealkylation sites (N-methyl/N-ethyl adjacent to an activating group) is 1.